The van der Waals surface area contributed by atoms with E-state index in [9.17, 15) is 40.5 Å². The summed E-state index contributed by atoms with van der Waals surface area (Å²) in [7, 11) is 0. The van der Waals surface area contributed by atoms with Gasteiger partial charge in [-0.15, -0.1) is 0 Å². The molecule has 1 aliphatic heterocycles. The first-order chi connectivity index (χ1) is 27.7. The number of rotatable bonds is 39. The highest BCUT2D eigenvalue weighted by atomic mass is 16.7. The van der Waals surface area contributed by atoms with Crippen molar-refractivity contribution in [2.24, 2.45) is 0 Å². The van der Waals surface area contributed by atoms with Gasteiger partial charge in [-0.2, -0.15) is 0 Å². The SMILES string of the molecule is CCCCCCCCCCCCCC/C=C\CCCCCCCCCCCC(O)C(=O)NC(COC1OC(CO)C(O)C(O)C1O)C(O)C(O)CCCCCCC. The second-order valence-electron chi connectivity index (χ2n) is 16.8. The highest BCUT2D eigenvalue weighted by Crippen LogP contribution is 2.23. The van der Waals surface area contributed by atoms with Crippen LogP contribution in [-0.2, 0) is 14.3 Å². The van der Waals surface area contributed by atoms with Gasteiger partial charge in [0, 0.05) is 0 Å². The number of amides is 1. The van der Waals surface area contributed by atoms with E-state index < -0.39 is 74.2 Å². The average molecular weight is 816 g/mol. The topological polar surface area (TPSA) is 189 Å². The lowest BCUT2D eigenvalue weighted by Gasteiger charge is -2.40. The number of aliphatic hydroxyl groups is 7. The predicted octanol–water partition coefficient (Wildman–Crippen LogP) is 7.67. The number of nitrogens with one attached hydrogen (secondary N) is 1. The van der Waals surface area contributed by atoms with Crippen LogP contribution in [-0.4, -0.2) is 110 Å². The van der Waals surface area contributed by atoms with Crippen LogP contribution < -0.4 is 5.32 Å². The van der Waals surface area contributed by atoms with Crippen LogP contribution in [0.3, 0.4) is 0 Å². The summed E-state index contributed by atoms with van der Waals surface area (Å²) in [6.07, 6.45) is 27.7. The zero-order valence-electron chi connectivity index (χ0n) is 36.3. The summed E-state index contributed by atoms with van der Waals surface area (Å²) in [6, 6.07) is -1.16. The monoisotopic (exact) mass is 816 g/mol. The van der Waals surface area contributed by atoms with E-state index in [1.54, 1.807) is 0 Å². The van der Waals surface area contributed by atoms with Gasteiger partial charge in [0.2, 0.25) is 5.91 Å². The van der Waals surface area contributed by atoms with E-state index in [1.807, 2.05) is 0 Å². The Morgan fingerprint density at radius 3 is 1.47 bits per heavy atom. The largest absolute Gasteiger partial charge is 0.394 e. The maximum atomic E-state index is 13.0. The summed E-state index contributed by atoms with van der Waals surface area (Å²) in [5.74, 6) is -0.703. The number of allylic oxidation sites excluding steroid dienone is 2. The third-order valence-corrected chi connectivity index (χ3v) is 11.6. The van der Waals surface area contributed by atoms with Crippen LogP contribution in [0.2, 0.25) is 0 Å². The first-order valence-electron chi connectivity index (χ1n) is 23.6. The molecule has 0 aliphatic carbocycles. The van der Waals surface area contributed by atoms with E-state index in [1.165, 1.54) is 122 Å². The molecule has 0 spiro atoms. The lowest BCUT2D eigenvalue weighted by Crippen LogP contribution is -2.60. The van der Waals surface area contributed by atoms with Gasteiger partial charge in [-0.05, 0) is 38.5 Å². The molecular formula is C46H89NO10. The van der Waals surface area contributed by atoms with E-state index >= 15 is 0 Å². The van der Waals surface area contributed by atoms with Gasteiger partial charge in [-0.3, -0.25) is 4.79 Å². The van der Waals surface area contributed by atoms with Crippen molar-refractivity contribution in [2.75, 3.05) is 13.2 Å². The van der Waals surface area contributed by atoms with Crippen molar-refractivity contribution in [2.45, 2.75) is 262 Å². The van der Waals surface area contributed by atoms with Crippen LogP contribution in [0.1, 0.15) is 206 Å². The molecular weight excluding hydrogens is 727 g/mol. The quantitative estimate of drug-likeness (QED) is 0.0226. The second-order valence-corrected chi connectivity index (χ2v) is 16.8. The Hall–Kier alpha value is -1.15. The van der Waals surface area contributed by atoms with Crippen molar-refractivity contribution in [3.05, 3.63) is 12.2 Å². The molecule has 1 aliphatic rings. The molecule has 9 atom stereocenters. The van der Waals surface area contributed by atoms with E-state index in [2.05, 4.69) is 31.3 Å². The Labute approximate surface area is 347 Å². The molecule has 1 saturated heterocycles. The Morgan fingerprint density at radius 2 is 1.02 bits per heavy atom. The Balaban J connectivity index is 2.23. The van der Waals surface area contributed by atoms with Crippen LogP contribution in [0.15, 0.2) is 12.2 Å². The minimum atomic E-state index is -1.66. The molecule has 338 valence electrons. The number of unbranched alkanes of at least 4 members (excludes halogenated alkanes) is 25. The zero-order chi connectivity index (χ0) is 41.9. The third kappa shape index (κ3) is 26.6. The minimum absolute atomic E-state index is 0.259. The number of hydrogen-bond donors (Lipinski definition) is 8. The fraction of sp³-hybridized carbons (Fsp3) is 0.935. The summed E-state index contributed by atoms with van der Waals surface area (Å²) in [5.41, 5.74) is 0. The smallest absolute Gasteiger partial charge is 0.249 e. The number of carbonyl (C=O) groups is 1. The van der Waals surface area contributed by atoms with Crippen LogP contribution >= 0.6 is 0 Å². The molecule has 57 heavy (non-hydrogen) atoms. The maximum Gasteiger partial charge on any atom is 0.249 e. The number of hydrogen-bond acceptors (Lipinski definition) is 10. The maximum absolute atomic E-state index is 13.0. The highest BCUT2D eigenvalue weighted by molar-refractivity contribution is 5.80. The van der Waals surface area contributed by atoms with Crippen LogP contribution in [0.4, 0.5) is 0 Å². The molecule has 0 saturated carbocycles. The number of carbonyl (C=O) groups excluding carboxylic acids is 1. The highest BCUT2D eigenvalue weighted by Gasteiger charge is 2.44. The van der Waals surface area contributed by atoms with Gasteiger partial charge < -0.3 is 50.5 Å². The van der Waals surface area contributed by atoms with Gasteiger partial charge in [-0.1, -0.05) is 180 Å². The number of aliphatic hydroxyl groups excluding tert-OH is 7. The van der Waals surface area contributed by atoms with Gasteiger partial charge in [-0.25, -0.2) is 0 Å². The minimum Gasteiger partial charge on any atom is -0.394 e. The number of ether oxygens (including phenoxy) is 2. The van der Waals surface area contributed by atoms with E-state index in [-0.39, 0.29) is 6.42 Å². The average Bonchev–Trinajstić information content (AvgIpc) is 3.21. The molecule has 9 unspecified atom stereocenters. The van der Waals surface area contributed by atoms with E-state index in [4.69, 9.17) is 9.47 Å². The predicted molar refractivity (Wildman–Crippen MR) is 229 cm³/mol. The molecule has 0 aromatic rings. The van der Waals surface area contributed by atoms with Gasteiger partial charge in [0.15, 0.2) is 6.29 Å². The van der Waals surface area contributed by atoms with Gasteiger partial charge in [0.25, 0.3) is 0 Å². The van der Waals surface area contributed by atoms with Crippen molar-refractivity contribution < 1.29 is 50.0 Å². The summed E-state index contributed by atoms with van der Waals surface area (Å²) in [5, 5.41) is 75.0. The third-order valence-electron chi connectivity index (χ3n) is 11.6. The van der Waals surface area contributed by atoms with Gasteiger partial charge in [0.05, 0.1) is 25.4 Å². The standard InChI is InChI=1S/C46H89NO10/c1-3-5-7-9-10-11-12-13-14-15-16-17-18-19-20-21-22-23-24-25-26-27-28-30-32-34-39(50)45(55)47-37(41(51)38(49)33-31-29-8-6-4-2)36-56-46-44(54)43(53)42(52)40(35-48)57-46/h19-20,37-44,46,48-54H,3-18,21-36H2,1-2H3,(H,47,55)/b20-19-. The zero-order valence-corrected chi connectivity index (χ0v) is 36.3. The molecule has 1 amide bonds. The fourth-order valence-corrected chi connectivity index (χ4v) is 7.61. The summed E-state index contributed by atoms with van der Waals surface area (Å²) < 4.78 is 11.0. The molecule has 0 aromatic heterocycles. The van der Waals surface area contributed by atoms with Crippen LogP contribution in [0, 0.1) is 0 Å². The van der Waals surface area contributed by atoms with E-state index in [0.29, 0.717) is 19.3 Å². The van der Waals surface area contributed by atoms with Crippen molar-refractivity contribution in [3.63, 3.8) is 0 Å². The fourth-order valence-electron chi connectivity index (χ4n) is 7.61. The van der Waals surface area contributed by atoms with Crippen LogP contribution in [0.25, 0.3) is 0 Å². The summed E-state index contributed by atoms with van der Waals surface area (Å²) in [4.78, 5) is 13.0. The lowest BCUT2D eigenvalue weighted by molar-refractivity contribution is -0.303. The molecule has 1 fully saturated rings. The molecule has 11 heteroatoms. The summed E-state index contributed by atoms with van der Waals surface area (Å²) in [6.45, 7) is 3.33. The van der Waals surface area contributed by atoms with Crippen molar-refractivity contribution in [1.82, 2.24) is 5.32 Å². The molecule has 11 nitrogen and oxygen atoms in total. The molecule has 0 radical (unpaired) electrons. The Bertz CT molecular complexity index is 939. The molecule has 0 aromatic carbocycles. The van der Waals surface area contributed by atoms with Crippen molar-refractivity contribution in [3.8, 4) is 0 Å². The summed E-state index contributed by atoms with van der Waals surface area (Å²) >= 11 is 0. The van der Waals surface area contributed by atoms with Crippen molar-refractivity contribution >= 4 is 5.91 Å². The van der Waals surface area contributed by atoms with Gasteiger partial charge in [0.1, 0.15) is 36.6 Å². The normalized spacial score (nSPS) is 22.2. The lowest BCUT2D eigenvalue weighted by atomic mass is 9.98. The van der Waals surface area contributed by atoms with Crippen molar-refractivity contribution in [1.29, 1.82) is 0 Å². The molecule has 1 rings (SSSR count). The first kappa shape index (κ1) is 53.9. The van der Waals surface area contributed by atoms with Crippen LogP contribution in [0.5, 0.6) is 0 Å². The second kappa shape index (κ2) is 36.7. The first-order valence-corrected chi connectivity index (χ1v) is 23.6. The molecule has 0 bridgehead atoms. The Kier molecular flexibility index (Phi) is 34.7. The Morgan fingerprint density at radius 1 is 0.596 bits per heavy atom. The molecule has 1 heterocycles. The molecule has 8 N–H and O–H groups in total. The van der Waals surface area contributed by atoms with E-state index in [0.717, 1.165) is 44.9 Å². The van der Waals surface area contributed by atoms with Gasteiger partial charge >= 0.3 is 0 Å².